The fourth-order valence-electron chi connectivity index (χ4n) is 1.44. The topological polar surface area (TPSA) is 55.1 Å². The van der Waals surface area contributed by atoms with Gasteiger partial charge in [-0.2, -0.15) is 0 Å². The molecule has 3 N–H and O–H groups in total. The maximum atomic E-state index is 11.7. The summed E-state index contributed by atoms with van der Waals surface area (Å²) in [4.78, 5) is 11.7. The highest BCUT2D eigenvalue weighted by Crippen LogP contribution is 2.21. The lowest BCUT2D eigenvalue weighted by Crippen LogP contribution is -2.19. The van der Waals surface area contributed by atoms with Gasteiger partial charge in [0.25, 0.3) is 0 Å². The summed E-state index contributed by atoms with van der Waals surface area (Å²) >= 11 is 0. The van der Waals surface area contributed by atoms with Gasteiger partial charge in [-0.1, -0.05) is 20.8 Å². The number of rotatable bonds is 2. The van der Waals surface area contributed by atoms with Gasteiger partial charge in [-0.25, -0.2) is 0 Å². The molecule has 0 aliphatic carbocycles. The second kappa shape index (κ2) is 4.56. The molecule has 0 aliphatic heterocycles. The van der Waals surface area contributed by atoms with Crippen LogP contribution in [0.3, 0.4) is 0 Å². The Morgan fingerprint density at radius 1 is 1.38 bits per heavy atom. The van der Waals surface area contributed by atoms with E-state index in [-0.39, 0.29) is 11.3 Å². The van der Waals surface area contributed by atoms with Gasteiger partial charge < -0.3 is 11.1 Å². The van der Waals surface area contributed by atoms with E-state index in [0.29, 0.717) is 6.42 Å². The smallest absolute Gasteiger partial charge is 0.224 e. The minimum absolute atomic E-state index is 0.00688. The molecule has 1 aromatic rings. The first kappa shape index (κ1) is 12.6. The third kappa shape index (κ3) is 3.93. The fraction of sp³-hybridized carbons (Fsp3) is 0.462. The van der Waals surface area contributed by atoms with Crippen molar-refractivity contribution in [3.05, 3.63) is 23.8 Å². The van der Waals surface area contributed by atoms with Gasteiger partial charge in [0, 0.05) is 17.8 Å². The van der Waals surface area contributed by atoms with Gasteiger partial charge >= 0.3 is 0 Å². The van der Waals surface area contributed by atoms with Crippen LogP contribution in [0.1, 0.15) is 32.8 Å². The van der Waals surface area contributed by atoms with E-state index in [0.717, 1.165) is 16.9 Å². The molecule has 0 aromatic heterocycles. The molecule has 0 heterocycles. The summed E-state index contributed by atoms with van der Waals surface area (Å²) < 4.78 is 0. The van der Waals surface area contributed by atoms with Crippen LogP contribution >= 0.6 is 0 Å². The quantitative estimate of drug-likeness (QED) is 0.753. The maximum absolute atomic E-state index is 11.7. The summed E-state index contributed by atoms with van der Waals surface area (Å²) in [5.74, 6) is 0.0386. The molecule has 0 saturated carbocycles. The molecule has 0 saturated heterocycles. The molecule has 0 unspecified atom stereocenters. The first-order chi connectivity index (χ1) is 7.28. The number of benzene rings is 1. The number of nitrogen functional groups attached to an aromatic ring is 1. The number of aryl methyl sites for hydroxylation is 1. The highest BCUT2D eigenvalue weighted by atomic mass is 16.1. The summed E-state index contributed by atoms with van der Waals surface area (Å²) in [6, 6.07) is 5.51. The highest BCUT2D eigenvalue weighted by molar-refractivity contribution is 5.91. The zero-order valence-electron chi connectivity index (χ0n) is 10.4. The zero-order chi connectivity index (χ0) is 12.3. The molecule has 3 nitrogen and oxygen atoms in total. The summed E-state index contributed by atoms with van der Waals surface area (Å²) in [5, 5.41) is 2.87. The number of carbonyl (C=O) groups is 1. The molecule has 0 radical (unpaired) electrons. The van der Waals surface area contributed by atoms with Gasteiger partial charge in [-0.05, 0) is 36.1 Å². The first-order valence-electron chi connectivity index (χ1n) is 5.44. The van der Waals surface area contributed by atoms with Crippen LogP contribution in [0.15, 0.2) is 18.2 Å². The molecule has 0 fully saturated rings. The minimum Gasteiger partial charge on any atom is -0.399 e. The number of amides is 1. The lowest BCUT2D eigenvalue weighted by atomic mass is 9.92. The molecule has 0 bridgehead atoms. The molecule has 16 heavy (non-hydrogen) atoms. The van der Waals surface area contributed by atoms with E-state index in [1.165, 1.54) is 0 Å². The van der Waals surface area contributed by atoms with E-state index in [2.05, 4.69) is 5.32 Å². The Kier molecular flexibility index (Phi) is 3.58. The van der Waals surface area contributed by atoms with Gasteiger partial charge in [0.1, 0.15) is 0 Å². The standard InChI is InChI=1S/C13H20N2O/c1-9-7-10(5-6-11(9)14)15-12(16)8-13(2,3)4/h5-7H,8,14H2,1-4H3,(H,15,16). The van der Waals surface area contributed by atoms with Crippen molar-refractivity contribution in [1.82, 2.24) is 0 Å². The monoisotopic (exact) mass is 220 g/mol. The molecule has 88 valence electrons. The zero-order valence-corrected chi connectivity index (χ0v) is 10.4. The van der Waals surface area contributed by atoms with Gasteiger partial charge in [0.05, 0.1) is 0 Å². The molecule has 3 heteroatoms. The van der Waals surface area contributed by atoms with Crippen molar-refractivity contribution >= 4 is 17.3 Å². The lowest BCUT2D eigenvalue weighted by molar-refractivity contribution is -0.117. The Morgan fingerprint density at radius 3 is 2.50 bits per heavy atom. The SMILES string of the molecule is Cc1cc(NC(=O)CC(C)(C)C)ccc1N. The van der Waals surface area contributed by atoms with Crippen molar-refractivity contribution in [3.63, 3.8) is 0 Å². The van der Waals surface area contributed by atoms with Crippen molar-refractivity contribution < 1.29 is 4.79 Å². The molecule has 1 aromatic carbocycles. The molecular formula is C13H20N2O. The number of nitrogens with two attached hydrogens (primary N) is 1. The molecule has 1 amide bonds. The lowest BCUT2D eigenvalue weighted by Gasteiger charge is -2.17. The third-order valence-corrected chi connectivity index (χ3v) is 2.24. The Bertz CT molecular complexity index is 391. The van der Waals surface area contributed by atoms with E-state index in [1.54, 1.807) is 0 Å². The number of carbonyl (C=O) groups excluding carboxylic acids is 1. The van der Waals surface area contributed by atoms with E-state index in [4.69, 9.17) is 5.73 Å². The van der Waals surface area contributed by atoms with Crippen molar-refractivity contribution in [2.45, 2.75) is 34.1 Å². The maximum Gasteiger partial charge on any atom is 0.224 e. The molecule has 1 rings (SSSR count). The van der Waals surface area contributed by atoms with Crippen molar-refractivity contribution in [2.24, 2.45) is 5.41 Å². The van der Waals surface area contributed by atoms with Gasteiger partial charge in [0.15, 0.2) is 0 Å². The number of anilines is 2. The van der Waals surface area contributed by atoms with Crippen LogP contribution in [0, 0.1) is 12.3 Å². The molecule has 0 spiro atoms. The summed E-state index contributed by atoms with van der Waals surface area (Å²) in [6.07, 6.45) is 0.510. The summed E-state index contributed by atoms with van der Waals surface area (Å²) in [5.41, 5.74) is 8.25. The second-order valence-electron chi connectivity index (χ2n) is 5.36. The van der Waals surface area contributed by atoms with Crippen molar-refractivity contribution in [1.29, 1.82) is 0 Å². The van der Waals surface area contributed by atoms with Gasteiger partial charge in [-0.3, -0.25) is 4.79 Å². The van der Waals surface area contributed by atoms with Gasteiger partial charge in [-0.15, -0.1) is 0 Å². The minimum atomic E-state index is 0.00688. The Labute approximate surface area is 97.0 Å². The molecule has 0 atom stereocenters. The van der Waals surface area contributed by atoms with Crippen LogP contribution in [-0.2, 0) is 4.79 Å². The van der Waals surface area contributed by atoms with Crippen molar-refractivity contribution in [3.8, 4) is 0 Å². The van der Waals surface area contributed by atoms with E-state index >= 15 is 0 Å². The average Bonchev–Trinajstić information content (AvgIpc) is 2.08. The number of hydrogen-bond donors (Lipinski definition) is 2. The van der Waals surface area contributed by atoms with Gasteiger partial charge in [0.2, 0.25) is 5.91 Å². The van der Waals surface area contributed by atoms with Crippen LogP contribution in [0.4, 0.5) is 11.4 Å². The fourth-order valence-corrected chi connectivity index (χ4v) is 1.44. The van der Waals surface area contributed by atoms with E-state index in [1.807, 2.05) is 45.9 Å². The normalized spacial score (nSPS) is 11.2. The molecular weight excluding hydrogens is 200 g/mol. The predicted molar refractivity (Wildman–Crippen MR) is 68.3 cm³/mol. The molecule has 0 aliphatic rings. The van der Waals surface area contributed by atoms with Crippen LogP contribution in [0.5, 0.6) is 0 Å². The summed E-state index contributed by atoms with van der Waals surface area (Å²) in [7, 11) is 0. The van der Waals surface area contributed by atoms with Crippen LogP contribution in [-0.4, -0.2) is 5.91 Å². The highest BCUT2D eigenvalue weighted by Gasteiger charge is 2.15. The average molecular weight is 220 g/mol. The Morgan fingerprint density at radius 2 is 2.00 bits per heavy atom. The predicted octanol–water partition coefficient (Wildman–Crippen LogP) is 2.95. The second-order valence-corrected chi connectivity index (χ2v) is 5.36. The summed E-state index contributed by atoms with van der Waals surface area (Å²) in [6.45, 7) is 8.05. The first-order valence-corrected chi connectivity index (χ1v) is 5.44. The van der Waals surface area contributed by atoms with E-state index in [9.17, 15) is 4.79 Å². The van der Waals surface area contributed by atoms with Crippen LogP contribution in [0.2, 0.25) is 0 Å². The number of nitrogens with one attached hydrogen (secondary N) is 1. The van der Waals surface area contributed by atoms with Crippen LogP contribution < -0.4 is 11.1 Å². The Balaban J connectivity index is 2.67. The van der Waals surface area contributed by atoms with Crippen LogP contribution in [0.25, 0.3) is 0 Å². The van der Waals surface area contributed by atoms with Crippen molar-refractivity contribution in [2.75, 3.05) is 11.1 Å². The largest absolute Gasteiger partial charge is 0.399 e. The number of hydrogen-bond acceptors (Lipinski definition) is 2. The third-order valence-electron chi connectivity index (χ3n) is 2.24. The Hall–Kier alpha value is -1.51. The van der Waals surface area contributed by atoms with E-state index < -0.39 is 0 Å².